The molecule has 0 saturated heterocycles. The summed E-state index contributed by atoms with van der Waals surface area (Å²) < 4.78 is 4.51. The first-order chi connectivity index (χ1) is 8.08. The Morgan fingerprint density at radius 3 is 2.71 bits per heavy atom. The van der Waals surface area contributed by atoms with Gasteiger partial charge in [0.2, 0.25) is 5.91 Å². The lowest BCUT2D eigenvalue weighted by molar-refractivity contribution is -0.115. The minimum atomic E-state index is -0.543. The quantitative estimate of drug-likeness (QED) is 0.506. The number of alkyl halides is 1. The van der Waals surface area contributed by atoms with Gasteiger partial charge in [0.05, 0.1) is 18.4 Å². The van der Waals surface area contributed by atoms with Gasteiger partial charge in [0.1, 0.15) is 5.75 Å². The van der Waals surface area contributed by atoms with Crippen molar-refractivity contribution in [2.45, 2.75) is 6.42 Å². The molecule has 6 heteroatoms. The highest BCUT2D eigenvalue weighted by atomic mass is 79.9. The Balaban J connectivity index is 2.83. The van der Waals surface area contributed by atoms with E-state index in [1.54, 1.807) is 0 Å². The fourth-order valence-corrected chi connectivity index (χ4v) is 1.54. The van der Waals surface area contributed by atoms with Crippen LogP contribution in [0.25, 0.3) is 0 Å². The second-order valence-electron chi connectivity index (χ2n) is 3.21. The number of carbonyl (C=O) groups is 2. The summed E-state index contributed by atoms with van der Waals surface area (Å²) in [6.45, 7) is 0. The third kappa shape index (κ3) is 3.74. The van der Waals surface area contributed by atoms with Crippen LogP contribution >= 0.6 is 15.9 Å². The molecule has 1 rings (SSSR count). The number of carbonyl (C=O) groups excluding carboxylic acids is 2. The normalized spacial score (nSPS) is 9.76. The van der Waals surface area contributed by atoms with E-state index in [1.165, 1.54) is 25.3 Å². The van der Waals surface area contributed by atoms with Crippen LogP contribution < -0.4 is 5.32 Å². The molecule has 0 aliphatic rings. The van der Waals surface area contributed by atoms with Crippen LogP contribution in [0.15, 0.2) is 18.2 Å². The van der Waals surface area contributed by atoms with E-state index in [-0.39, 0.29) is 22.9 Å². The summed E-state index contributed by atoms with van der Waals surface area (Å²) >= 11 is 3.14. The SMILES string of the molecule is COC(=O)c1ccc(NC(=O)CCBr)c(O)c1. The van der Waals surface area contributed by atoms with E-state index >= 15 is 0 Å². The van der Waals surface area contributed by atoms with Crippen LogP contribution in [-0.2, 0) is 9.53 Å². The summed E-state index contributed by atoms with van der Waals surface area (Å²) in [5, 5.41) is 12.7. The first kappa shape index (κ1) is 13.5. The minimum absolute atomic E-state index is 0.171. The standard InChI is InChI=1S/C11H12BrNO4/c1-17-11(16)7-2-3-8(9(14)6-7)13-10(15)4-5-12/h2-3,6,14H,4-5H2,1H3,(H,13,15). The highest BCUT2D eigenvalue weighted by Crippen LogP contribution is 2.24. The zero-order valence-corrected chi connectivity index (χ0v) is 10.8. The van der Waals surface area contributed by atoms with Crippen LogP contribution in [0.3, 0.4) is 0 Å². The number of halogens is 1. The van der Waals surface area contributed by atoms with Gasteiger partial charge in [0.25, 0.3) is 0 Å². The molecular formula is C11H12BrNO4. The molecule has 0 unspecified atom stereocenters. The fraction of sp³-hybridized carbons (Fsp3) is 0.273. The van der Waals surface area contributed by atoms with Gasteiger partial charge >= 0.3 is 5.97 Å². The molecule has 0 radical (unpaired) electrons. The molecule has 0 spiro atoms. The van der Waals surface area contributed by atoms with Gasteiger partial charge in [-0.1, -0.05) is 15.9 Å². The molecule has 0 bridgehead atoms. The number of phenolic OH excluding ortho intramolecular Hbond substituents is 1. The number of amides is 1. The first-order valence-electron chi connectivity index (χ1n) is 4.85. The summed E-state index contributed by atoms with van der Waals surface area (Å²) in [6.07, 6.45) is 0.304. The highest BCUT2D eigenvalue weighted by Gasteiger charge is 2.10. The molecule has 0 atom stereocenters. The van der Waals surface area contributed by atoms with Gasteiger partial charge in [0, 0.05) is 11.8 Å². The first-order valence-corrected chi connectivity index (χ1v) is 5.97. The van der Waals surface area contributed by atoms with Crippen molar-refractivity contribution in [1.29, 1.82) is 0 Å². The Bertz CT molecular complexity index is 433. The monoisotopic (exact) mass is 301 g/mol. The minimum Gasteiger partial charge on any atom is -0.506 e. The number of hydrogen-bond acceptors (Lipinski definition) is 4. The lowest BCUT2D eigenvalue weighted by Crippen LogP contribution is -2.12. The molecule has 0 heterocycles. The topological polar surface area (TPSA) is 75.6 Å². The van der Waals surface area contributed by atoms with E-state index in [2.05, 4.69) is 26.0 Å². The van der Waals surface area contributed by atoms with Crippen molar-refractivity contribution in [3.05, 3.63) is 23.8 Å². The number of nitrogens with one attached hydrogen (secondary N) is 1. The maximum absolute atomic E-state index is 11.3. The van der Waals surface area contributed by atoms with Crippen LogP contribution in [0.1, 0.15) is 16.8 Å². The maximum Gasteiger partial charge on any atom is 0.337 e. The zero-order valence-electron chi connectivity index (χ0n) is 9.20. The molecule has 0 aliphatic carbocycles. The average Bonchev–Trinajstić information content (AvgIpc) is 2.31. The number of aromatic hydroxyl groups is 1. The van der Waals surface area contributed by atoms with E-state index in [9.17, 15) is 14.7 Å². The van der Waals surface area contributed by atoms with Crippen LogP contribution in [0.4, 0.5) is 5.69 Å². The summed E-state index contributed by atoms with van der Waals surface area (Å²) in [7, 11) is 1.26. The lowest BCUT2D eigenvalue weighted by atomic mass is 10.2. The van der Waals surface area contributed by atoms with E-state index in [4.69, 9.17) is 0 Å². The second-order valence-corrected chi connectivity index (χ2v) is 4.00. The molecule has 5 nitrogen and oxygen atoms in total. The summed E-state index contributed by atoms with van der Waals surface area (Å²) in [6, 6.07) is 4.17. The third-order valence-electron chi connectivity index (χ3n) is 2.01. The Morgan fingerprint density at radius 2 is 2.18 bits per heavy atom. The van der Waals surface area contributed by atoms with Crippen LogP contribution in [0.5, 0.6) is 5.75 Å². The average molecular weight is 302 g/mol. The van der Waals surface area contributed by atoms with Gasteiger partial charge < -0.3 is 15.2 Å². The predicted octanol–water partition coefficient (Wildman–Crippen LogP) is 1.90. The number of anilines is 1. The number of esters is 1. The Morgan fingerprint density at radius 1 is 1.47 bits per heavy atom. The zero-order chi connectivity index (χ0) is 12.8. The summed E-state index contributed by atoms with van der Waals surface area (Å²) in [5.74, 6) is -0.933. The molecule has 1 aromatic carbocycles. The van der Waals surface area contributed by atoms with Crippen LogP contribution in [0, 0.1) is 0 Å². The molecule has 0 aliphatic heterocycles. The fourth-order valence-electron chi connectivity index (χ4n) is 1.18. The van der Waals surface area contributed by atoms with Crippen molar-refractivity contribution in [1.82, 2.24) is 0 Å². The Kier molecular flexibility index (Phi) is 4.96. The molecule has 92 valence electrons. The highest BCUT2D eigenvalue weighted by molar-refractivity contribution is 9.09. The van der Waals surface area contributed by atoms with Crippen molar-refractivity contribution in [3.63, 3.8) is 0 Å². The van der Waals surface area contributed by atoms with Crippen molar-refractivity contribution in [2.75, 3.05) is 17.8 Å². The van der Waals surface area contributed by atoms with E-state index in [1.807, 2.05) is 0 Å². The largest absolute Gasteiger partial charge is 0.506 e. The van der Waals surface area contributed by atoms with Gasteiger partial charge in [0.15, 0.2) is 0 Å². The second kappa shape index (κ2) is 6.24. The van der Waals surface area contributed by atoms with E-state index in [0.717, 1.165) is 0 Å². The van der Waals surface area contributed by atoms with Crippen LogP contribution in [0.2, 0.25) is 0 Å². The smallest absolute Gasteiger partial charge is 0.337 e. The van der Waals surface area contributed by atoms with Gasteiger partial charge in [-0.2, -0.15) is 0 Å². The van der Waals surface area contributed by atoms with Crippen molar-refractivity contribution < 1.29 is 19.4 Å². The number of benzene rings is 1. The molecule has 1 amide bonds. The van der Waals surface area contributed by atoms with Gasteiger partial charge in [-0.15, -0.1) is 0 Å². The molecular weight excluding hydrogens is 290 g/mol. The van der Waals surface area contributed by atoms with Crippen molar-refractivity contribution >= 4 is 33.5 Å². The van der Waals surface area contributed by atoms with Gasteiger partial charge in [-0.3, -0.25) is 4.79 Å². The van der Waals surface area contributed by atoms with E-state index < -0.39 is 5.97 Å². The maximum atomic E-state index is 11.3. The van der Waals surface area contributed by atoms with Crippen LogP contribution in [-0.4, -0.2) is 29.4 Å². The Labute approximate surface area is 107 Å². The Hall–Kier alpha value is -1.56. The number of hydrogen-bond donors (Lipinski definition) is 2. The lowest BCUT2D eigenvalue weighted by Gasteiger charge is -2.07. The third-order valence-corrected chi connectivity index (χ3v) is 2.41. The number of phenols is 1. The molecule has 0 saturated carbocycles. The van der Waals surface area contributed by atoms with Crippen molar-refractivity contribution in [2.24, 2.45) is 0 Å². The number of rotatable bonds is 4. The molecule has 17 heavy (non-hydrogen) atoms. The molecule has 0 aromatic heterocycles. The number of ether oxygens (including phenoxy) is 1. The predicted molar refractivity (Wildman–Crippen MR) is 66.5 cm³/mol. The van der Waals surface area contributed by atoms with Gasteiger partial charge in [-0.25, -0.2) is 4.79 Å². The molecule has 0 fully saturated rings. The molecule has 2 N–H and O–H groups in total. The van der Waals surface area contributed by atoms with Crippen molar-refractivity contribution in [3.8, 4) is 5.75 Å². The number of methoxy groups -OCH3 is 1. The summed E-state index contributed by atoms with van der Waals surface area (Å²) in [4.78, 5) is 22.5. The summed E-state index contributed by atoms with van der Waals surface area (Å²) in [5.41, 5.74) is 0.493. The molecule has 1 aromatic rings. The van der Waals surface area contributed by atoms with Gasteiger partial charge in [-0.05, 0) is 18.2 Å². The van der Waals surface area contributed by atoms with E-state index in [0.29, 0.717) is 11.8 Å².